The van der Waals surface area contributed by atoms with Gasteiger partial charge in [-0.25, -0.2) is 4.79 Å². The van der Waals surface area contributed by atoms with Crippen LogP contribution in [0.5, 0.6) is 0 Å². The van der Waals surface area contributed by atoms with Crippen molar-refractivity contribution in [3.8, 4) is 0 Å². The lowest BCUT2D eigenvalue weighted by molar-refractivity contribution is -0.144. The first kappa shape index (κ1) is 19.7. The van der Waals surface area contributed by atoms with Gasteiger partial charge < -0.3 is 20.5 Å². The summed E-state index contributed by atoms with van der Waals surface area (Å²) >= 11 is 0. The molecule has 1 aliphatic heterocycles. The van der Waals surface area contributed by atoms with Crippen LogP contribution in [-0.2, 0) is 14.3 Å². The third kappa shape index (κ3) is 8.18. The number of nitrogens with one attached hydrogen (secondary N) is 1. The van der Waals surface area contributed by atoms with Crippen molar-refractivity contribution in [2.24, 2.45) is 11.7 Å². The van der Waals surface area contributed by atoms with Crippen LogP contribution in [0.15, 0.2) is 0 Å². The number of hydrogen-bond acceptors (Lipinski definition) is 6. The fourth-order valence-corrected chi connectivity index (χ4v) is 2.85. The lowest BCUT2D eigenvalue weighted by atomic mass is 9.91. The number of carbonyl (C=O) groups is 2. The van der Waals surface area contributed by atoms with E-state index in [-0.39, 0.29) is 17.9 Å². The molecule has 0 aliphatic carbocycles. The Morgan fingerprint density at radius 3 is 2.57 bits per heavy atom. The van der Waals surface area contributed by atoms with Gasteiger partial charge >= 0.3 is 12.1 Å². The van der Waals surface area contributed by atoms with Crippen molar-refractivity contribution in [3.63, 3.8) is 0 Å². The van der Waals surface area contributed by atoms with Gasteiger partial charge in [0.15, 0.2) is 0 Å². The van der Waals surface area contributed by atoms with Crippen LogP contribution in [0.25, 0.3) is 0 Å². The van der Waals surface area contributed by atoms with E-state index < -0.39 is 11.7 Å². The molecule has 1 fully saturated rings. The minimum atomic E-state index is -0.528. The van der Waals surface area contributed by atoms with Crippen LogP contribution >= 0.6 is 0 Å². The molecule has 0 aromatic rings. The van der Waals surface area contributed by atoms with Crippen LogP contribution < -0.4 is 11.1 Å². The average molecular weight is 329 g/mol. The Hall–Kier alpha value is -1.34. The Balaban J connectivity index is 2.59. The lowest BCUT2D eigenvalue weighted by Crippen LogP contribution is -2.52. The number of ether oxygens (including phenoxy) is 2. The Morgan fingerprint density at radius 2 is 2.00 bits per heavy atom. The van der Waals surface area contributed by atoms with Gasteiger partial charge in [0.1, 0.15) is 5.60 Å². The third-order valence-electron chi connectivity index (χ3n) is 3.54. The fraction of sp³-hybridized carbons (Fsp3) is 0.875. The summed E-state index contributed by atoms with van der Waals surface area (Å²) in [4.78, 5) is 25.8. The van der Waals surface area contributed by atoms with Gasteiger partial charge in [-0.05, 0) is 40.0 Å². The number of likely N-dealkylation sites (tertiary alicyclic amines) is 1. The number of hydrogen-bond donors (Lipinski definition) is 2. The van der Waals surface area contributed by atoms with Crippen LogP contribution in [0.2, 0.25) is 0 Å². The van der Waals surface area contributed by atoms with Crippen molar-refractivity contribution < 1.29 is 19.1 Å². The molecule has 7 heteroatoms. The Kier molecular flexibility index (Phi) is 7.78. The minimum absolute atomic E-state index is 0.0513. The second-order valence-corrected chi connectivity index (χ2v) is 7.00. The number of alkyl carbamates (subject to hydrolysis) is 1. The second-order valence-electron chi connectivity index (χ2n) is 7.00. The maximum absolute atomic E-state index is 12.0. The van der Waals surface area contributed by atoms with Gasteiger partial charge in [0.05, 0.1) is 6.61 Å². The molecule has 1 aliphatic rings. The predicted molar refractivity (Wildman–Crippen MR) is 88.0 cm³/mol. The maximum atomic E-state index is 12.0. The molecule has 2 atom stereocenters. The van der Waals surface area contributed by atoms with E-state index in [1.165, 1.54) is 0 Å². The summed E-state index contributed by atoms with van der Waals surface area (Å²) in [7, 11) is 0. The number of esters is 1. The van der Waals surface area contributed by atoms with Crippen LogP contribution in [0.1, 0.15) is 40.5 Å². The number of piperidine rings is 1. The molecular formula is C16H31N3O4. The molecular weight excluding hydrogens is 298 g/mol. The quantitative estimate of drug-likeness (QED) is 0.709. The molecule has 1 amide bonds. The minimum Gasteiger partial charge on any atom is -0.466 e. The first-order valence-corrected chi connectivity index (χ1v) is 8.31. The van der Waals surface area contributed by atoms with Crippen LogP contribution in [0, 0.1) is 5.92 Å². The molecule has 2 unspecified atom stereocenters. The first-order valence-electron chi connectivity index (χ1n) is 8.31. The molecule has 7 nitrogen and oxygen atoms in total. The third-order valence-corrected chi connectivity index (χ3v) is 3.54. The van der Waals surface area contributed by atoms with Crippen molar-refractivity contribution in [3.05, 3.63) is 0 Å². The fourth-order valence-electron chi connectivity index (χ4n) is 2.85. The Labute approximate surface area is 138 Å². The molecule has 1 saturated heterocycles. The zero-order valence-electron chi connectivity index (χ0n) is 14.8. The zero-order chi connectivity index (χ0) is 17.5. The SMILES string of the molecule is CCOC(=O)CC1CC(NC(=O)OC(C)(C)C)CN(CCN)C1. The Morgan fingerprint density at radius 1 is 1.30 bits per heavy atom. The van der Waals surface area contributed by atoms with Gasteiger partial charge in [-0.15, -0.1) is 0 Å². The number of amides is 1. The van der Waals surface area contributed by atoms with Gasteiger partial charge in [0.2, 0.25) is 0 Å². The van der Waals surface area contributed by atoms with Crippen molar-refractivity contribution in [1.29, 1.82) is 0 Å². The van der Waals surface area contributed by atoms with Crippen molar-refractivity contribution >= 4 is 12.1 Å². The van der Waals surface area contributed by atoms with Crippen molar-refractivity contribution in [2.75, 3.05) is 32.8 Å². The van der Waals surface area contributed by atoms with Gasteiger partial charge in [-0.3, -0.25) is 9.69 Å². The van der Waals surface area contributed by atoms with E-state index in [1.807, 2.05) is 20.8 Å². The molecule has 1 heterocycles. The van der Waals surface area contributed by atoms with Gasteiger partial charge in [-0.2, -0.15) is 0 Å². The zero-order valence-corrected chi connectivity index (χ0v) is 14.8. The standard InChI is InChI=1S/C16H31N3O4/c1-5-22-14(20)9-12-8-13(11-19(10-12)7-6-17)18-15(21)23-16(2,3)4/h12-13H,5-11,17H2,1-4H3,(H,18,21). The smallest absolute Gasteiger partial charge is 0.407 e. The summed E-state index contributed by atoms with van der Waals surface area (Å²) in [5, 5.41) is 2.90. The summed E-state index contributed by atoms with van der Waals surface area (Å²) in [5.41, 5.74) is 5.11. The number of nitrogens with zero attached hydrogens (tertiary/aromatic N) is 1. The number of carbonyl (C=O) groups excluding carboxylic acids is 2. The normalized spacial score (nSPS) is 22.5. The largest absolute Gasteiger partial charge is 0.466 e. The lowest BCUT2D eigenvalue weighted by Gasteiger charge is -2.37. The highest BCUT2D eigenvalue weighted by Gasteiger charge is 2.30. The molecule has 0 aromatic heterocycles. The topological polar surface area (TPSA) is 93.9 Å². The summed E-state index contributed by atoms with van der Waals surface area (Å²) in [6.07, 6.45) is 0.674. The molecule has 3 N–H and O–H groups in total. The monoisotopic (exact) mass is 329 g/mol. The summed E-state index contributed by atoms with van der Waals surface area (Å²) in [6, 6.07) is -0.0513. The highest BCUT2D eigenvalue weighted by molar-refractivity contribution is 5.70. The van der Waals surface area contributed by atoms with E-state index in [0.717, 1.165) is 26.1 Å². The van der Waals surface area contributed by atoms with Gasteiger partial charge in [0.25, 0.3) is 0 Å². The number of nitrogens with two attached hydrogens (primary N) is 1. The first-order chi connectivity index (χ1) is 10.7. The van der Waals surface area contributed by atoms with Crippen molar-refractivity contribution in [1.82, 2.24) is 10.2 Å². The van der Waals surface area contributed by atoms with E-state index in [0.29, 0.717) is 19.6 Å². The summed E-state index contributed by atoms with van der Waals surface area (Å²) < 4.78 is 10.3. The molecule has 0 bridgehead atoms. The highest BCUT2D eigenvalue weighted by Crippen LogP contribution is 2.21. The maximum Gasteiger partial charge on any atom is 0.407 e. The van der Waals surface area contributed by atoms with E-state index in [2.05, 4.69) is 10.2 Å². The second kappa shape index (κ2) is 9.08. The van der Waals surface area contributed by atoms with E-state index in [4.69, 9.17) is 15.2 Å². The molecule has 23 heavy (non-hydrogen) atoms. The summed E-state index contributed by atoms with van der Waals surface area (Å²) in [6.45, 7) is 10.5. The molecule has 1 rings (SSSR count). The van der Waals surface area contributed by atoms with Crippen molar-refractivity contribution in [2.45, 2.75) is 52.2 Å². The van der Waals surface area contributed by atoms with Gasteiger partial charge in [0, 0.05) is 38.6 Å². The summed E-state index contributed by atoms with van der Waals surface area (Å²) in [5.74, 6) is -0.0441. The highest BCUT2D eigenvalue weighted by atomic mass is 16.6. The molecule has 0 spiro atoms. The number of rotatable bonds is 6. The molecule has 0 aromatic carbocycles. The molecule has 134 valence electrons. The Bertz CT molecular complexity index is 395. The van der Waals surface area contributed by atoms with Gasteiger partial charge in [-0.1, -0.05) is 0 Å². The predicted octanol–water partition coefficient (Wildman–Crippen LogP) is 1.11. The van der Waals surface area contributed by atoms with E-state index in [1.54, 1.807) is 6.92 Å². The average Bonchev–Trinajstić information content (AvgIpc) is 2.36. The van der Waals surface area contributed by atoms with Crippen LogP contribution in [0.4, 0.5) is 4.79 Å². The van der Waals surface area contributed by atoms with Crippen LogP contribution in [0.3, 0.4) is 0 Å². The van der Waals surface area contributed by atoms with E-state index >= 15 is 0 Å². The molecule has 0 saturated carbocycles. The van der Waals surface area contributed by atoms with E-state index in [9.17, 15) is 9.59 Å². The van der Waals surface area contributed by atoms with Crippen LogP contribution in [-0.4, -0.2) is 61.4 Å². The molecule has 0 radical (unpaired) electrons.